The van der Waals surface area contributed by atoms with Gasteiger partial charge in [-0.3, -0.25) is 0 Å². The fourth-order valence-corrected chi connectivity index (χ4v) is 11.3. The van der Waals surface area contributed by atoms with Crippen LogP contribution in [0.4, 0.5) is 0 Å². The van der Waals surface area contributed by atoms with Crippen LogP contribution < -0.4 is 4.98 Å². The summed E-state index contributed by atoms with van der Waals surface area (Å²) in [5.74, 6) is 3.52. The molecule has 120 valence electrons. The fraction of sp³-hybridized carbons (Fsp3) is 1.00. The van der Waals surface area contributed by atoms with E-state index in [0.717, 1.165) is 29.2 Å². The fourth-order valence-electron chi connectivity index (χ4n) is 4.96. The lowest BCUT2D eigenvalue weighted by Gasteiger charge is -2.44. The Morgan fingerprint density at radius 1 is 0.900 bits per heavy atom. The van der Waals surface area contributed by atoms with Gasteiger partial charge in [0.15, 0.2) is 0 Å². The summed E-state index contributed by atoms with van der Waals surface area (Å²) in [6.07, 6.45) is 2.72. The first-order valence-corrected chi connectivity index (χ1v) is 11.6. The average Bonchev–Trinajstić information content (AvgIpc) is 2.49. The van der Waals surface area contributed by atoms with Crippen LogP contribution in [0.5, 0.6) is 0 Å². The first kappa shape index (κ1) is 18.2. The highest BCUT2D eigenvalue weighted by Crippen LogP contribution is 2.54. The zero-order valence-electron chi connectivity index (χ0n) is 15.5. The molecule has 1 N–H and O–H groups in total. The quantitative estimate of drug-likeness (QED) is 0.644. The summed E-state index contributed by atoms with van der Waals surface area (Å²) in [6, 6.07) is 1.44. The van der Waals surface area contributed by atoms with E-state index < -0.39 is 8.24 Å². The number of unbranched alkanes of at least 4 members (excludes halogenated alkanes) is 1. The van der Waals surface area contributed by atoms with Gasteiger partial charge in [-0.05, 0) is 56.0 Å². The van der Waals surface area contributed by atoms with Crippen molar-refractivity contribution in [2.24, 2.45) is 23.7 Å². The second-order valence-electron chi connectivity index (χ2n) is 8.86. The number of rotatable bonds is 5. The molecule has 1 saturated carbocycles. The van der Waals surface area contributed by atoms with E-state index >= 15 is 0 Å². The van der Waals surface area contributed by atoms with Crippen LogP contribution in [0.3, 0.4) is 0 Å². The SMILES string of the molecule is CCCC[Si@](C)(NC(C)(C)C)C1C(C)C(C)C(C)C1C. The Kier molecular flexibility index (Phi) is 5.94. The third kappa shape index (κ3) is 3.88. The minimum atomic E-state index is -1.43. The standard InChI is InChI=1S/C18H39NSi/c1-10-11-12-20(9,19-18(6,7)8)17-15(4)13(2)14(3)16(17)5/h13-17,19H,10-12H2,1-9H3/t13?,14?,15?,16?,17?,20-/m0/s1. The monoisotopic (exact) mass is 297 g/mol. The normalized spacial score (nSPS) is 38.0. The molecular weight excluding hydrogens is 258 g/mol. The number of hydrogen-bond acceptors (Lipinski definition) is 1. The van der Waals surface area contributed by atoms with E-state index in [0.29, 0.717) is 0 Å². The van der Waals surface area contributed by atoms with Gasteiger partial charge in [0, 0.05) is 5.54 Å². The van der Waals surface area contributed by atoms with Crippen molar-refractivity contribution in [1.82, 2.24) is 4.98 Å². The second-order valence-corrected chi connectivity index (χ2v) is 13.1. The Morgan fingerprint density at radius 3 is 1.70 bits per heavy atom. The van der Waals surface area contributed by atoms with E-state index in [1.54, 1.807) is 0 Å². The van der Waals surface area contributed by atoms with Crippen molar-refractivity contribution >= 4 is 8.24 Å². The second kappa shape index (κ2) is 6.52. The Balaban J connectivity index is 3.03. The molecular formula is C18H39NSi. The molecule has 1 aliphatic carbocycles. The highest BCUT2D eigenvalue weighted by Gasteiger charge is 2.51. The lowest BCUT2D eigenvalue weighted by molar-refractivity contribution is 0.352. The summed E-state index contributed by atoms with van der Waals surface area (Å²) in [6.45, 7) is 22.0. The van der Waals surface area contributed by atoms with E-state index in [1.807, 2.05) is 0 Å². The van der Waals surface area contributed by atoms with Crippen molar-refractivity contribution in [1.29, 1.82) is 0 Å². The number of hydrogen-bond donors (Lipinski definition) is 1. The molecule has 0 heterocycles. The van der Waals surface area contributed by atoms with E-state index in [1.165, 1.54) is 18.9 Å². The molecule has 0 aromatic rings. The minimum Gasteiger partial charge on any atom is -0.332 e. The lowest BCUT2D eigenvalue weighted by atomic mass is 9.92. The van der Waals surface area contributed by atoms with Gasteiger partial charge < -0.3 is 4.98 Å². The van der Waals surface area contributed by atoms with Crippen molar-refractivity contribution in [3.05, 3.63) is 0 Å². The van der Waals surface area contributed by atoms with Crippen LogP contribution in [0.2, 0.25) is 18.1 Å². The van der Waals surface area contributed by atoms with Crippen molar-refractivity contribution in [3.63, 3.8) is 0 Å². The molecule has 5 atom stereocenters. The van der Waals surface area contributed by atoms with Crippen LogP contribution in [0, 0.1) is 23.7 Å². The first-order valence-electron chi connectivity index (χ1n) is 8.83. The van der Waals surface area contributed by atoms with Gasteiger partial charge in [-0.25, -0.2) is 0 Å². The van der Waals surface area contributed by atoms with E-state index in [9.17, 15) is 0 Å². The minimum absolute atomic E-state index is 0.253. The van der Waals surface area contributed by atoms with E-state index in [4.69, 9.17) is 0 Å². The van der Waals surface area contributed by atoms with E-state index in [2.05, 4.69) is 66.9 Å². The highest BCUT2D eigenvalue weighted by molar-refractivity contribution is 6.78. The zero-order valence-corrected chi connectivity index (χ0v) is 16.5. The maximum Gasteiger partial charge on any atom is 0.126 e. The molecule has 0 bridgehead atoms. The van der Waals surface area contributed by atoms with Gasteiger partial charge in [0.1, 0.15) is 8.24 Å². The topological polar surface area (TPSA) is 12.0 Å². The Bertz CT molecular complexity index is 295. The Hall–Kier alpha value is 0.177. The summed E-state index contributed by atoms with van der Waals surface area (Å²) in [7, 11) is -1.43. The molecule has 2 heteroatoms. The summed E-state index contributed by atoms with van der Waals surface area (Å²) < 4.78 is 0. The average molecular weight is 298 g/mol. The summed E-state index contributed by atoms with van der Waals surface area (Å²) in [5, 5.41) is 0. The third-order valence-corrected chi connectivity index (χ3v) is 11.3. The summed E-state index contributed by atoms with van der Waals surface area (Å²) in [5.41, 5.74) is 1.18. The molecule has 0 aliphatic heterocycles. The molecule has 0 aromatic carbocycles. The van der Waals surface area contributed by atoms with Gasteiger partial charge in [0.25, 0.3) is 0 Å². The molecule has 1 fully saturated rings. The van der Waals surface area contributed by atoms with Crippen molar-refractivity contribution in [3.8, 4) is 0 Å². The van der Waals surface area contributed by atoms with Gasteiger partial charge in [0.05, 0.1) is 0 Å². The van der Waals surface area contributed by atoms with Crippen LogP contribution in [-0.4, -0.2) is 13.8 Å². The zero-order chi connectivity index (χ0) is 15.7. The largest absolute Gasteiger partial charge is 0.332 e. The molecule has 1 nitrogen and oxygen atoms in total. The Morgan fingerprint density at radius 2 is 1.35 bits per heavy atom. The Labute approximate surface area is 129 Å². The van der Waals surface area contributed by atoms with Crippen molar-refractivity contribution < 1.29 is 0 Å². The van der Waals surface area contributed by atoms with Crippen molar-refractivity contribution in [2.75, 3.05) is 0 Å². The number of nitrogens with one attached hydrogen (secondary N) is 1. The van der Waals surface area contributed by atoms with Crippen LogP contribution in [0.25, 0.3) is 0 Å². The third-order valence-electron chi connectivity index (χ3n) is 6.07. The first-order chi connectivity index (χ1) is 9.03. The summed E-state index contributed by atoms with van der Waals surface area (Å²) >= 11 is 0. The van der Waals surface area contributed by atoms with Crippen LogP contribution in [0.15, 0.2) is 0 Å². The predicted octanol–water partition coefficient (Wildman–Crippen LogP) is 5.68. The van der Waals surface area contributed by atoms with Gasteiger partial charge >= 0.3 is 0 Å². The molecule has 1 aliphatic rings. The predicted molar refractivity (Wildman–Crippen MR) is 94.6 cm³/mol. The van der Waals surface area contributed by atoms with Crippen LogP contribution >= 0.6 is 0 Å². The molecule has 0 radical (unpaired) electrons. The maximum absolute atomic E-state index is 4.15. The molecule has 0 amide bonds. The van der Waals surface area contributed by atoms with Gasteiger partial charge in [-0.2, -0.15) is 0 Å². The van der Waals surface area contributed by atoms with Crippen molar-refractivity contribution in [2.45, 2.75) is 91.9 Å². The van der Waals surface area contributed by atoms with Gasteiger partial charge in [-0.15, -0.1) is 0 Å². The highest BCUT2D eigenvalue weighted by atomic mass is 28.3. The molecule has 4 unspecified atom stereocenters. The maximum atomic E-state index is 4.15. The summed E-state index contributed by atoms with van der Waals surface area (Å²) in [4.78, 5) is 4.15. The smallest absolute Gasteiger partial charge is 0.126 e. The van der Waals surface area contributed by atoms with E-state index in [-0.39, 0.29) is 5.54 Å². The van der Waals surface area contributed by atoms with Gasteiger partial charge in [0.2, 0.25) is 0 Å². The van der Waals surface area contributed by atoms with Gasteiger partial charge in [-0.1, -0.05) is 54.0 Å². The molecule has 20 heavy (non-hydrogen) atoms. The molecule has 0 spiro atoms. The lowest BCUT2D eigenvalue weighted by Crippen LogP contribution is -2.60. The van der Waals surface area contributed by atoms with Crippen LogP contribution in [0.1, 0.15) is 68.2 Å². The molecule has 0 aromatic heterocycles. The molecule has 1 rings (SSSR count). The molecule has 0 saturated heterocycles. The van der Waals surface area contributed by atoms with Crippen LogP contribution in [-0.2, 0) is 0 Å².